The van der Waals surface area contributed by atoms with Crippen molar-refractivity contribution < 1.29 is 28.9 Å². The zero-order valence-electron chi connectivity index (χ0n) is 15.1. The molecule has 0 bridgehead atoms. The van der Waals surface area contributed by atoms with E-state index in [9.17, 15) is 14.7 Å². The second kappa shape index (κ2) is 8.24. The fourth-order valence-electron chi connectivity index (χ4n) is 2.30. The number of aromatic hydroxyl groups is 1. The van der Waals surface area contributed by atoms with Gasteiger partial charge in [-0.3, -0.25) is 4.79 Å². The summed E-state index contributed by atoms with van der Waals surface area (Å²) in [5.41, 5.74) is 2.75. The van der Waals surface area contributed by atoms with E-state index < -0.39 is 18.5 Å². The van der Waals surface area contributed by atoms with Crippen molar-refractivity contribution in [2.75, 3.05) is 26.1 Å². The van der Waals surface area contributed by atoms with Gasteiger partial charge in [-0.1, -0.05) is 12.1 Å². The molecule has 0 saturated carbocycles. The molecule has 0 saturated heterocycles. The predicted molar refractivity (Wildman–Crippen MR) is 96.0 cm³/mol. The number of phenolic OH excluding ortho intramolecular Hbond substituents is 1. The molecule has 0 spiro atoms. The number of esters is 1. The highest BCUT2D eigenvalue weighted by Gasteiger charge is 2.17. The summed E-state index contributed by atoms with van der Waals surface area (Å²) in [6.07, 6.45) is 0. The quantitative estimate of drug-likeness (QED) is 0.770. The van der Waals surface area contributed by atoms with Crippen LogP contribution in [0.2, 0.25) is 0 Å². The Morgan fingerprint density at radius 3 is 2.27 bits per heavy atom. The van der Waals surface area contributed by atoms with Crippen LogP contribution in [0.25, 0.3) is 0 Å². The highest BCUT2D eigenvalue weighted by molar-refractivity contribution is 5.96. The van der Waals surface area contributed by atoms with Crippen LogP contribution in [0.1, 0.15) is 21.5 Å². The molecule has 0 aromatic heterocycles. The Bertz CT molecular complexity index is 806. The van der Waals surface area contributed by atoms with Crippen LogP contribution in [-0.4, -0.2) is 37.8 Å². The fraction of sp³-hybridized carbons (Fsp3) is 0.263. The summed E-state index contributed by atoms with van der Waals surface area (Å²) in [7, 11) is 2.70. The van der Waals surface area contributed by atoms with Crippen molar-refractivity contribution in [3.63, 3.8) is 0 Å². The summed E-state index contributed by atoms with van der Waals surface area (Å²) in [5.74, 6) is -1.28. The number of nitrogens with one attached hydrogen (secondary N) is 1. The zero-order valence-corrected chi connectivity index (χ0v) is 15.1. The third-order valence-corrected chi connectivity index (χ3v) is 3.93. The average molecular weight is 359 g/mol. The Labute approximate surface area is 151 Å². The van der Waals surface area contributed by atoms with Crippen molar-refractivity contribution in [2.45, 2.75) is 13.8 Å². The second-order valence-corrected chi connectivity index (χ2v) is 5.60. The molecular weight excluding hydrogens is 338 g/mol. The normalized spacial score (nSPS) is 10.2. The van der Waals surface area contributed by atoms with Gasteiger partial charge < -0.3 is 24.6 Å². The van der Waals surface area contributed by atoms with Crippen molar-refractivity contribution in [1.82, 2.24) is 0 Å². The van der Waals surface area contributed by atoms with Crippen LogP contribution < -0.4 is 14.8 Å². The number of carbonyl (C=O) groups excluding carboxylic acids is 2. The van der Waals surface area contributed by atoms with Crippen molar-refractivity contribution in [2.24, 2.45) is 0 Å². The number of benzene rings is 2. The first-order valence-corrected chi connectivity index (χ1v) is 7.85. The van der Waals surface area contributed by atoms with Crippen LogP contribution in [-0.2, 0) is 9.53 Å². The summed E-state index contributed by atoms with van der Waals surface area (Å²) < 4.78 is 15.0. The van der Waals surface area contributed by atoms with Gasteiger partial charge in [0.05, 0.1) is 19.8 Å². The topological polar surface area (TPSA) is 94.1 Å². The average Bonchev–Trinajstić information content (AvgIpc) is 2.63. The highest BCUT2D eigenvalue weighted by atomic mass is 16.5. The third kappa shape index (κ3) is 4.24. The number of ether oxygens (including phenoxy) is 3. The van der Waals surface area contributed by atoms with E-state index in [4.69, 9.17) is 14.2 Å². The summed E-state index contributed by atoms with van der Waals surface area (Å²) in [4.78, 5) is 24.2. The maximum atomic E-state index is 12.2. The number of hydrogen-bond acceptors (Lipinski definition) is 6. The van der Waals surface area contributed by atoms with Crippen LogP contribution in [0.3, 0.4) is 0 Å². The van der Waals surface area contributed by atoms with E-state index >= 15 is 0 Å². The minimum Gasteiger partial charge on any atom is -0.502 e. The number of hydrogen-bond donors (Lipinski definition) is 2. The molecule has 0 heterocycles. The predicted octanol–water partition coefficient (Wildman–Crippen LogP) is 2.82. The lowest BCUT2D eigenvalue weighted by Crippen LogP contribution is -2.21. The lowest BCUT2D eigenvalue weighted by molar-refractivity contribution is -0.119. The van der Waals surface area contributed by atoms with E-state index in [-0.39, 0.29) is 22.8 Å². The molecule has 0 radical (unpaired) electrons. The van der Waals surface area contributed by atoms with Gasteiger partial charge in [0.1, 0.15) is 0 Å². The van der Waals surface area contributed by atoms with Crippen molar-refractivity contribution in [3.05, 3.63) is 47.0 Å². The number of amides is 1. The van der Waals surface area contributed by atoms with Crippen molar-refractivity contribution in [1.29, 1.82) is 0 Å². The van der Waals surface area contributed by atoms with Gasteiger partial charge in [0.2, 0.25) is 5.75 Å². The molecule has 2 rings (SSSR count). The maximum absolute atomic E-state index is 12.2. The molecule has 0 aliphatic heterocycles. The molecular formula is C19H21NO6. The number of anilines is 1. The van der Waals surface area contributed by atoms with Gasteiger partial charge >= 0.3 is 5.97 Å². The summed E-state index contributed by atoms with van der Waals surface area (Å²) in [6.45, 7) is 3.39. The standard InChI is InChI=1S/C19H21NO6/c1-11-6-5-7-14(12(11)2)20-17(21)10-26-19(23)13-8-15(24-3)18(22)16(9-13)25-4/h5-9,22H,10H2,1-4H3,(H,20,21). The van der Waals surface area contributed by atoms with E-state index in [2.05, 4.69) is 5.32 Å². The Kier molecular flexibility index (Phi) is 6.06. The smallest absolute Gasteiger partial charge is 0.338 e. The van der Waals surface area contributed by atoms with Crippen LogP contribution >= 0.6 is 0 Å². The zero-order chi connectivity index (χ0) is 19.3. The second-order valence-electron chi connectivity index (χ2n) is 5.60. The first-order chi connectivity index (χ1) is 12.4. The van der Waals surface area contributed by atoms with E-state index in [0.29, 0.717) is 5.69 Å². The molecule has 0 atom stereocenters. The SMILES string of the molecule is COc1cc(C(=O)OCC(=O)Nc2cccc(C)c2C)cc(OC)c1O. The van der Waals surface area contributed by atoms with Crippen LogP contribution in [0.15, 0.2) is 30.3 Å². The maximum Gasteiger partial charge on any atom is 0.338 e. The van der Waals surface area contributed by atoms with Gasteiger partial charge in [-0.15, -0.1) is 0 Å². The number of rotatable bonds is 6. The number of methoxy groups -OCH3 is 2. The molecule has 0 aliphatic rings. The van der Waals surface area contributed by atoms with E-state index in [1.807, 2.05) is 26.0 Å². The van der Waals surface area contributed by atoms with E-state index in [1.165, 1.54) is 26.4 Å². The molecule has 0 aliphatic carbocycles. The van der Waals surface area contributed by atoms with Gasteiger partial charge in [0, 0.05) is 5.69 Å². The summed E-state index contributed by atoms with van der Waals surface area (Å²) in [6, 6.07) is 8.17. The molecule has 138 valence electrons. The first-order valence-electron chi connectivity index (χ1n) is 7.85. The van der Waals surface area contributed by atoms with E-state index in [1.54, 1.807) is 6.07 Å². The molecule has 0 fully saturated rings. The number of aryl methyl sites for hydroxylation is 1. The minimum absolute atomic E-state index is 0.0659. The van der Waals surface area contributed by atoms with Gasteiger partial charge in [-0.25, -0.2) is 4.79 Å². The summed E-state index contributed by atoms with van der Waals surface area (Å²) >= 11 is 0. The van der Waals surface area contributed by atoms with Crippen LogP contribution in [0.4, 0.5) is 5.69 Å². The molecule has 1 amide bonds. The van der Waals surface area contributed by atoms with Gasteiger partial charge in [-0.05, 0) is 43.2 Å². The molecule has 0 unspecified atom stereocenters. The lowest BCUT2D eigenvalue weighted by atomic mass is 10.1. The van der Waals surface area contributed by atoms with Crippen LogP contribution in [0.5, 0.6) is 17.2 Å². The highest BCUT2D eigenvalue weighted by Crippen LogP contribution is 2.37. The van der Waals surface area contributed by atoms with Crippen LogP contribution in [0, 0.1) is 13.8 Å². The summed E-state index contributed by atoms with van der Waals surface area (Å²) in [5, 5.41) is 12.6. The number of phenols is 1. The molecule has 26 heavy (non-hydrogen) atoms. The first kappa shape index (κ1) is 19.1. The molecule has 7 nitrogen and oxygen atoms in total. The largest absolute Gasteiger partial charge is 0.502 e. The Hall–Kier alpha value is -3.22. The van der Waals surface area contributed by atoms with Crippen molar-refractivity contribution in [3.8, 4) is 17.2 Å². The molecule has 2 aromatic carbocycles. The Balaban J connectivity index is 2.04. The monoisotopic (exact) mass is 359 g/mol. The molecule has 2 N–H and O–H groups in total. The van der Waals surface area contributed by atoms with E-state index in [0.717, 1.165) is 11.1 Å². The third-order valence-electron chi connectivity index (χ3n) is 3.93. The Morgan fingerprint density at radius 1 is 1.08 bits per heavy atom. The Morgan fingerprint density at radius 2 is 1.69 bits per heavy atom. The van der Waals surface area contributed by atoms with Crippen molar-refractivity contribution >= 4 is 17.6 Å². The van der Waals surface area contributed by atoms with Gasteiger partial charge in [0.15, 0.2) is 18.1 Å². The number of carbonyl (C=O) groups is 2. The molecule has 2 aromatic rings. The minimum atomic E-state index is -0.738. The van der Waals surface area contributed by atoms with Gasteiger partial charge in [-0.2, -0.15) is 0 Å². The molecule has 7 heteroatoms. The van der Waals surface area contributed by atoms with Gasteiger partial charge in [0.25, 0.3) is 5.91 Å². The fourth-order valence-corrected chi connectivity index (χ4v) is 2.30. The lowest BCUT2D eigenvalue weighted by Gasteiger charge is -2.12.